The molecule has 1 N–H and O–H groups in total. The van der Waals surface area contributed by atoms with Crippen molar-refractivity contribution >= 4 is 27.2 Å². The average molecular weight is 493 g/mol. The van der Waals surface area contributed by atoms with Crippen LogP contribution in [0.15, 0.2) is 53.8 Å². The third kappa shape index (κ3) is 5.18. The van der Waals surface area contributed by atoms with E-state index in [1.807, 2.05) is 18.2 Å². The highest BCUT2D eigenvalue weighted by molar-refractivity contribution is 7.92. The molecule has 5 rings (SSSR count). The molecule has 0 radical (unpaired) electrons. The molecule has 10 heteroatoms. The maximum absolute atomic E-state index is 13.1. The standard InChI is InChI=1S/C25H28N6O3S/c1-17-26-15-20(16-27-17)25(32)29-24-6-3-18(14-28-24)19-11-21(31-9-7-30(2)8-10-31)13-23(12-19)35(33,34)22-4-5-22/h3,6,11-16,22H,4-5,7-10H2,1-2H3,(H,28,29,32). The van der Waals surface area contributed by atoms with Crippen LogP contribution in [0.1, 0.15) is 29.0 Å². The fourth-order valence-electron chi connectivity index (χ4n) is 4.07. The molecule has 1 saturated heterocycles. The van der Waals surface area contributed by atoms with Gasteiger partial charge in [0.15, 0.2) is 9.84 Å². The number of nitrogens with zero attached hydrogens (tertiary/aromatic N) is 5. The van der Waals surface area contributed by atoms with E-state index in [-0.39, 0.29) is 11.2 Å². The van der Waals surface area contributed by atoms with Gasteiger partial charge in [-0.3, -0.25) is 4.79 Å². The third-order valence-corrected chi connectivity index (χ3v) is 8.67. The summed E-state index contributed by atoms with van der Waals surface area (Å²) in [5, 5.41) is 2.47. The lowest BCUT2D eigenvalue weighted by Crippen LogP contribution is -2.44. The van der Waals surface area contributed by atoms with Crippen LogP contribution in [0.25, 0.3) is 11.1 Å². The van der Waals surface area contributed by atoms with Crippen molar-refractivity contribution in [2.24, 2.45) is 0 Å². The summed E-state index contributed by atoms with van der Waals surface area (Å²) in [6.45, 7) is 5.29. The predicted molar refractivity (Wildman–Crippen MR) is 134 cm³/mol. The van der Waals surface area contributed by atoms with Crippen LogP contribution in [0.3, 0.4) is 0 Å². The number of hydrogen-bond donors (Lipinski definition) is 1. The van der Waals surface area contributed by atoms with E-state index < -0.39 is 9.84 Å². The monoisotopic (exact) mass is 492 g/mol. The number of sulfone groups is 1. The van der Waals surface area contributed by atoms with Gasteiger partial charge in [-0.25, -0.2) is 23.4 Å². The first kappa shape index (κ1) is 23.4. The van der Waals surface area contributed by atoms with Gasteiger partial charge in [-0.2, -0.15) is 0 Å². The molecule has 9 nitrogen and oxygen atoms in total. The average Bonchev–Trinajstić information content (AvgIpc) is 3.71. The Balaban J connectivity index is 1.42. The van der Waals surface area contributed by atoms with Gasteiger partial charge < -0.3 is 15.1 Å². The zero-order valence-corrected chi connectivity index (χ0v) is 20.6. The van der Waals surface area contributed by atoms with Crippen LogP contribution in [0, 0.1) is 6.92 Å². The van der Waals surface area contributed by atoms with E-state index in [0.717, 1.165) is 55.8 Å². The first-order valence-corrected chi connectivity index (χ1v) is 13.2. The fourth-order valence-corrected chi connectivity index (χ4v) is 5.79. The van der Waals surface area contributed by atoms with Crippen molar-refractivity contribution in [3.05, 3.63) is 60.3 Å². The summed E-state index contributed by atoms with van der Waals surface area (Å²) >= 11 is 0. The number of rotatable bonds is 6. The van der Waals surface area contributed by atoms with Crippen molar-refractivity contribution in [1.29, 1.82) is 0 Å². The van der Waals surface area contributed by atoms with Gasteiger partial charge in [-0.15, -0.1) is 0 Å². The molecule has 1 saturated carbocycles. The van der Waals surface area contributed by atoms with Gasteiger partial charge in [-0.05, 0) is 62.7 Å². The predicted octanol–water partition coefficient (Wildman–Crippen LogP) is 2.79. The maximum atomic E-state index is 13.1. The highest BCUT2D eigenvalue weighted by Gasteiger charge is 2.37. The molecule has 2 aromatic heterocycles. The van der Waals surface area contributed by atoms with E-state index in [0.29, 0.717) is 22.1 Å². The molecule has 0 atom stereocenters. The second-order valence-electron chi connectivity index (χ2n) is 9.16. The summed E-state index contributed by atoms with van der Waals surface area (Å²) in [6.07, 6.45) is 6.03. The number of amides is 1. The van der Waals surface area contributed by atoms with Gasteiger partial charge in [0.2, 0.25) is 0 Å². The van der Waals surface area contributed by atoms with Crippen LogP contribution in [0.2, 0.25) is 0 Å². The molecule has 3 aromatic rings. The Morgan fingerprint density at radius 1 is 0.943 bits per heavy atom. The van der Waals surface area contributed by atoms with Crippen molar-refractivity contribution in [3.63, 3.8) is 0 Å². The molecule has 0 bridgehead atoms. The number of carbonyl (C=O) groups excluding carboxylic acids is 1. The molecular formula is C25H28N6O3S. The number of aromatic nitrogens is 3. The second kappa shape index (κ2) is 9.35. The molecule has 182 valence electrons. The van der Waals surface area contributed by atoms with Crippen LogP contribution in [0.4, 0.5) is 11.5 Å². The largest absolute Gasteiger partial charge is 0.369 e. The Kier molecular flexibility index (Phi) is 6.24. The van der Waals surface area contributed by atoms with E-state index >= 15 is 0 Å². The molecule has 1 aromatic carbocycles. The molecule has 1 amide bonds. The van der Waals surface area contributed by atoms with E-state index in [4.69, 9.17) is 0 Å². The minimum absolute atomic E-state index is 0.278. The number of piperazine rings is 1. The topological polar surface area (TPSA) is 108 Å². The van der Waals surface area contributed by atoms with Gasteiger partial charge in [0.25, 0.3) is 5.91 Å². The number of carbonyl (C=O) groups is 1. The minimum Gasteiger partial charge on any atom is -0.369 e. The Morgan fingerprint density at radius 3 is 2.29 bits per heavy atom. The van der Waals surface area contributed by atoms with Crippen LogP contribution in [-0.2, 0) is 9.84 Å². The number of benzene rings is 1. The Bertz CT molecular complexity index is 1330. The molecule has 0 spiro atoms. The van der Waals surface area contributed by atoms with Gasteiger partial charge >= 0.3 is 0 Å². The van der Waals surface area contributed by atoms with Gasteiger partial charge in [-0.1, -0.05) is 0 Å². The van der Waals surface area contributed by atoms with Gasteiger partial charge in [0.05, 0.1) is 15.7 Å². The van der Waals surface area contributed by atoms with Crippen molar-refractivity contribution in [2.45, 2.75) is 29.9 Å². The minimum atomic E-state index is -3.35. The normalized spacial score (nSPS) is 16.8. The molecule has 3 heterocycles. The first-order chi connectivity index (χ1) is 16.8. The number of likely N-dealkylation sites (N-methyl/N-ethyl adjacent to an activating group) is 1. The summed E-state index contributed by atoms with van der Waals surface area (Å²) in [7, 11) is -1.26. The van der Waals surface area contributed by atoms with Gasteiger partial charge in [0.1, 0.15) is 11.6 Å². The Labute approximate surface area is 205 Å². The zero-order valence-electron chi connectivity index (χ0n) is 19.8. The smallest absolute Gasteiger partial charge is 0.259 e. The fraction of sp³-hybridized carbons (Fsp3) is 0.360. The van der Waals surface area contributed by atoms with Gasteiger partial charge in [0, 0.05) is 56.0 Å². The van der Waals surface area contributed by atoms with Crippen LogP contribution < -0.4 is 10.2 Å². The highest BCUT2D eigenvalue weighted by Crippen LogP contribution is 2.37. The summed E-state index contributed by atoms with van der Waals surface area (Å²) < 4.78 is 26.2. The van der Waals surface area contributed by atoms with Crippen LogP contribution in [-0.4, -0.2) is 72.7 Å². The molecule has 2 fully saturated rings. The summed E-state index contributed by atoms with van der Waals surface area (Å²) in [4.78, 5) is 29.8. The third-order valence-electron chi connectivity index (χ3n) is 6.43. The summed E-state index contributed by atoms with van der Waals surface area (Å²) in [5.74, 6) is 0.631. The van der Waals surface area contributed by atoms with E-state index in [9.17, 15) is 13.2 Å². The maximum Gasteiger partial charge on any atom is 0.259 e. The lowest BCUT2D eigenvalue weighted by atomic mass is 10.1. The lowest BCUT2D eigenvalue weighted by molar-refractivity contribution is 0.102. The number of anilines is 2. The zero-order chi connectivity index (χ0) is 24.6. The first-order valence-electron chi connectivity index (χ1n) is 11.7. The SMILES string of the molecule is Cc1ncc(C(=O)Nc2ccc(-c3cc(N4CCN(C)CC4)cc(S(=O)(=O)C4CC4)c3)cn2)cn1. The van der Waals surface area contributed by atoms with Crippen molar-refractivity contribution in [2.75, 3.05) is 43.4 Å². The van der Waals surface area contributed by atoms with Crippen LogP contribution >= 0.6 is 0 Å². The van der Waals surface area contributed by atoms with E-state index in [1.54, 1.807) is 25.3 Å². The molecule has 2 aliphatic rings. The van der Waals surface area contributed by atoms with Crippen molar-refractivity contribution in [3.8, 4) is 11.1 Å². The summed E-state index contributed by atoms with van der Waals surface area (Å²) in [6, 6.07) is 9.13. The quantitative estimate of drug-likeness (QED) is 0.560. The highest BCUT2D eigenvalue weighted by atomic mass is 32.2. The second-order valence-corrected chi connectivity index (χ2v) is 11.4. The van der Waals surface area contributed by atoms with E-state index in [1.165, 1.54) is 12.4 Å². The molecule has 35 heavy (non-hydrogen) atoms. The number of nitrogens with one attached hydrogen (secondary N) is 1. The number of pyridine rings is 1. The molecule has 0 unspecified atom stereocenters. The molecule has 1 aliphatic heterocycles. The summed E-state index contributed by atoms with van der Waals surface area (Å²) in [5.41, 5.74) is 2.82. The van der Waals surface area contributed by atoms with Crippen LogP contribution in [0.5, 0.6) is 0 Å². The molecular weight excluding hydrogens is 464 g/mol. The van der Waals surface area contributed by atoms with E-state index in [2.05, 4.69) is 37.1 Å². The lowest BCUT2D eigenvalue weighted by Gasteiger charge is -2.34. The number of aryl methyl sites for hydroxylation is 1. The van der Waals surface area contributed by atoms with Crippen molar-refractivity contribution in [1.82, 2.24) is 19.9 Å². The number of hydrogen-bond acceptors (Lipinski definition) is 8. The Hall–Kier alpha value is -3.37. The van der Waals surface area contributed by atoms with Crippen molar-refractivity contribution < 1.29 is 13.2 Å². The Morgan fingerprint density at radius 2 is 1.66 bits per heavy atom. The molecule has 1 aliphatic carbocycles.